The Morgan fingerprint density at radius 3 is 2.48 bits per heavy atom. The van der Waals surface area contributed by atoms with Crippen molar-refractivity contribution in [1.29, 1.82) is 0 Å². The third-order valence-corrected chi connectivity index (χ3v) is 3.51. The average molecular weight is 315 g/mol. The maximum atomic E-state index is 12.2. The van der Waals surface area contributed by atoms with E-state index in [1.54, 1.807) is 32.4 Å². The van der Waals surface area contributed by atoms with Crippen LogP contribution in [0.5, 0.6) is 11.5 Å². The van der Waals surface area contributed by atoms with Gasteiger partial charge in [0.15, 0.2) is 12.4 Å². The van der Waals surface area contributed by atoms with Crippen LogP contribution in [-0.4, -0.2) is 20.1 Å². The zero-order valence-corrected chi connectivity index (χ0v) is 13.8. The summed E-state index contributed by atoms with van der Waals surface area (Å²) in [6.07, 6.45) is 6.01. The Balaban J connectivity index is 2.04. The Kier molecular flexibility index (Phi) is 5.97. The summed E-state index contributed by atoms with van der Waals surface area (Å²) < 4.78 is 12.3. The molecule has 0 aliphatic heterocycles. The normalized spacial score (nSPS) is 10.2. The summed E-state index contributed by atoms with van der Waals surface area (Å²) in [6.45, 7) is 2.39. The van der Waals surface area contributed by atoms with Crippen LogP contribution >= 0.6 is 0 Å². The van der Waals surface area contributed by atoms with Gasteiger partial charge in [-0.2, -0.15) is 4.57 Å². The molecule has 1 aromatic heterocycles. The van der Waals surface area contributed by atoms with Crippen LogP contribution in [0.3, 0.4) is 0 Å². The largest absolute Gasteiger partial charge is 0.497 e. The molecule has 122 valence electrons. The molecule has 0 fully saturated rings. The summed E-state index contributed by atoms with van der Waals surface area (Å²) in [5, 5.41) is 2.86. The summed E-state index contributed by atoms with van der Waals surface area (Å²) in [7, 11) is 3.15. The van der Waals surface area contributed by atoms with Gasteiger partial charge in [0.2, 0.25) is 6.54 Å². The van der Waals surface area contributed by atoms with Crippen LogP contribution in [0.4, 0.5) is 5.69 Å². The maximum Gasteiger partial charge on any atom is 0.290 e. The highest BCUT2D eigenvalue weighted by Crippen LogP contribution is 2.28. The lowest BCUT2D eigenvalue weighted by atomic mass is 10.2. The first-order chi connectivity index (χ1) is 11.2. The lowest BCUT2D eigenvalue weighted by Gasteiger charge is -2.10. The molecule has 0 unspecified atom stereocenters. The molecule has 0 aliphatic rings. The number of carbonyl (C=O) groups is 1. The van der Waals surface area contributed by atoms with Crippen LogP contribution in [0, 0.1) is 0 Å². The van der Waals surface area contributed by atoms with Crippen molar-refractivity contribution in [2.45, 2.75) is 26.3 Å². The second-order valence-electron chi connectivity index (χ2n) is 5.24. The predicted octanol–water partition coefficient (Wildman–Crippen LogP) is 2.58. The van der Waals surface area contributed by atoms with E-state index < -0.39 is 0 Å². The van der Waals surface area contributed by atoms with Crippen molar-refractivity contribution in [3.8, 4) is 11.5 Å². The number of benzene rings is 1. The van der Waals surface area contributed by atoms with Gasteiger partial charge in [-0.15, -0.1) is 0 Å². The van der Waals surface area contributed by atoms with Gasteiger partial charge in [0.05, 0.1) is 19.9 Å². The lowest BCUT2D eigenvalue weighted by molar-refractivity contribution is -0.684. The topological polar surface area (TPSA) is 51.4 Å². The third-order valence-electron chi connectivity index (χ3n) is 3.51. The summed E-state index contributed by atoms with van der Waals surface area (Å²) >= 11 is 0. The second kappa shape index (κ2) is 8.17. The van der Waals surface area contributed by atoms with Crippen molar-refractivity contribution < 1.29 is 18.8 Å². The number of aryl methyl sites for hydroxylation is 1. The number of rotatable bonds is 7. The molecule has 5 heteroatoms. The first-order valence-corrected chi connectivity index (χ1v) is 7.66. The molecule has 2 rings (SSSR count). The summed E-state index contributed by atoms with van der Waals surface area (Å²) in [4.78, 5) is 12.2. The number of nitrogens with one attached hydrogen (secondary N) is 1. The van der Waals surface area contributed by atoms with Gasteiger partial charge in [-0.05, 0) is 24.1 Å². The number of nitrogens with zero attached hydrogens (tertiary/aromatic N) is 1. The molecule has 1 aromatic carbocycles. The van der Waals surface area contributed by atoms with Crippen molar-refractivity contribution in [3.63, 3.8) is 0 Å². The first-order valence-electron chi connectivity index (χ1n) is 7.66. The van der Waals surface area contributed by atoms with E-state index in [0.29, 0.717) is 17.2 Å². The standard InChI is InChI=1S/C18H22N2O3/c1-4-5-14-8-10-20(11-9-14)13-18(21)19-16-12-15(22-2)6-7-17(16)23-3/h6-12H,4-5,13H2,1-3H3/p+1. The molecule has 5 nitrogen and oxygen atoms in total. The number of amides is 1. The molecular weight excluding hydrogens is 292 g/mol. The second-order valence-corrected chi connectivity index (χ2v) is 5.24. The molecule has 23 heavy (non-hydrogen) atoms. The molecular formula is C18H23N2O3+. The average Bonchev–Trinajstić information content (AvgIpc) is 2.56. The number of hydrogen-bond acceptors (Lipinski definition) is 3. The predicted molar refractivity (Wildman–Crippen MR) is 88.8 cm³/mol. The Morgan fingerprint density at radius 1 is 1.13 bits per heavy atom. The van der Waals surface area contributed by atoms with Gasteiger partial charge in [-0.1, -0.05) is 13.3 Å². The number of aromatic nitrogens is 1. The Bertz CT molecular complexity index is 654. The van der Waals surface area contributed by atoms with Crippen LogP contribution in [0.1, 0.15) is 18.9 Å². The van der Waals surface area contributed by atoms with E-state index in [4.69, 9.17) is 9.47 Å². The molecule has 0 atom stereocenters. The fourth-order valence-electron chi connectivity index (χ4n) is 2.32. The van der Waals surface area contributed by atoms with E-state index in [2.05, 4.69) is 12.2 Å². The monoisotopic (exact) mass is 315 g/mol. The van der Waals surface area contributed by atoms with E-state index in [-0.39, 0.29) is 12.5 Å². The van der Waals surface area contributed by atoms with Crippen LogP contribution in [0.2, 0.25) is 0 Å². The summed E-state index contributed by atoms with van der Waals surface area (Å²) in [6, 6.07) is 9.38. The number of carbonyl (C=O) groups excluding carboxylic acids is 1. The van der Waals surface area contributed by atoms with Crippen LogP contribution < -0.4 is 19.4 Å². The molecule has 0 spiro atoms. The van der Waals surface area contributed by atoms with E-state index in [0.717, 1.165) is 12.8 Å². The van der Waals surface area contributed by atoms with Crippen LogP contribution in [-0.2, 0) is 17.8 Å². The highest BCUT2D eigenvalue weighted by atomic mass is 16.5. The molecule has 1 amide bonds. The molecule has 2 aromatic rings. The van der Waals surface area contributed by atoms with Gasteiger partial charge in [-0.25, -0.2) is 0 Å². The molecule has 1 N–H and O–H groups in total. The van der Waals surface area contributed by atoms with E-state index >= 15 is 0 Å². The Labute approximate surface area is 136 Å². The van der Waals surface area contributed by atoms with E-state index in [9.17, 15) is 4.79 Å². The highest BCUT2D eigenvalue weighted by molar-refractivity contribution is 5.91. The number of anilines is 1. The number of pyridine rings is 1. The minimum atomic E-state index is -0.121. The highest BCUT2D eigenvalue weighted by Gasteiger charge is 2.13. The van der Waals surface area contributed by atoms with Crippen LogP contribution in [0.25, 0.3) is 0 Å². The Morgan fingerprint density at radius 2 is 1.87 bits per heavy atom. The maximum absolute atomic E-state index is 12.2. The minimum Gasteiger partial charge on any atom is -0.497 e. The number of hydrogen-bond donors (Lipinski definition) is 1. The van der Waals surface area contributed by atoms with Crippen molar-refractivity contribution in [1.82, 2.24) is 0 Å². The molecule has 0 bridgehead atoms. The summed E-state index contributed by atoms with van der Waals surface area (Å²) in [5.74, 6) is 1.14. The van der Waals surface area contributed by atoms with Crippen molar-refractivity contribution >= 4 is 11.6 Å². The van der Waals surface area contributed by atoms with Crippen molar-refractivity contribution in [2.24, 2.45) is 0 Å². The van der Waals surface area contributed by atoms with Crippen molar-refractivity contribution in [2.75, 3.05) is 19.5 Å². The Hall–Kier alpha value is -2.56. The van der Waals surface area contributed by atoms with Crippen LogP contribution in [0.15, 0.2) is 42.7 Å². The van der Waals surface area contributed by atoms with Gasteiger partial charge < -0.3 is 14.8 Å². The van der Waals surface area contributed by atoms with Crippen molar-refractivity contribution in [3.05, 3.63) is 48.3 Å². The zero-order chi connectivity index (χ0) is 16.7. The third kappa shape index (κ3) is 4.71. The van der Waals surface area contributed by atoms with Gasteiger partial charge in [-0.3, -0.25) is 4.79 Å². The van der Waals surface area contributed by atoms with E-state index in [1.807, 2.05) is 29.1 Å². The lowest BCUT2D eigenvalue weighted by Crippen LogP contribution is -2.39. The quantitative estimate of drug-likeness (QED) is 0.799. The number of methoxy groups -OCH3 is 2. The number of ether oxygens (including phenoxy) is 2. The van der Waals surface area contributed by atoms with Gasteiger partial charge >= 0.3 is 0 Å². The van der Waals surface area contributed by atoms with Gasteiger partial charge in [0.1, 0.15) is 11.5 Å². The molecule has 1 heterocycles. The van der Waals surface area contributed by atoms with Gasteiger partial charge in [0.25, 0.3) is 5.91 Å². The molecule has 0 aliphatic carbocycles. The fraction of sp³-hybridized carbons (Fsp3) is 0.333. The molecule has 0 radical (unpaired) electrons. The summed E-state index contributed by atoms with van der Waals surface area (Å²) in [5.41, 5.74) is 1.87. The zero-order valence-electron chi connectivity index (χ0n) is 13.8. The van der Waals surface area contributed by atoms with Gasteiger partial charge in [0, 0.05) is 18.2 Å². The molecule has 0 saturated carbocycles. The molecule has 0 saturated heterocycles. The first kappa shape index (κ1) is 16.8. The minimum absolute atomic E-state index is 0.121. The SMILES string of the molecule is CCCc1cc[n+](CC(=O)Nc2cc(OC)ccc2OC)cc1. The smallest absolute Gasteiger partial charge is 0.290 e. The van der Waals surface area contributed by atoms with E-state index in [1.165, 1.54) is 5.56 Å². The fourth-order valence-corrected chi connectivity index (χ4v) is 2.32.